The molecule has 2 aliphatic heterocycles. The SMILES string of the molecule is CC(=O)N[C@H]1C([C@H](O)[C@H](O)CO)O[C@@](OCC(CO)(CO)COC2CCCC[C@H]2O[C@@H]2O[C@@H](C)[C@@H](O)[C@@H](O)[C@@H]2O)(C(=O)O)C[C@@H]1O. The van der Waals surface area contributed by atoms with Crippen molar-refractivity contribution < 1.29 is 84.3 Å². The Hall–Kier alpha value is -1.62. The topological polar surface area (TPSA) is 295 Å². The first-order valence-corrected chi connectivity index (χ1v) is 15.3. The van der Waals surface area contributed by atoms with Gasteiger partial charge in [0, 0.05) is 13.3 Å². The molecule has 18 heteroatoms. The third-order valence-corrected chi connectivity index (χ3v) is 8.83. The molecular weight excluding hydrogens is 622 g/mol. The Morgan fingerprint density at radius 2 is 1.61 bits per heavy atom. The highest BCUT2D eigenvalue weighted by atomic mass is 16.7. The van der Waals surface area contributed by atoms with Crippen molar-refractivity contribution in [2.24, 2.45) is 5.41 Å². The van der Waals surface area contributed by atoms with E-state index in [9.17, 15) is 60.7 Å². The summed E-state index contributed by atoms with van der Waals surface area (Å²) in [5.41, 5.74) is -1.64. The molecule has 3 fully saturated rings. The Bertz CT molecular complexity index is 986. The van der Waals surface area contributed by atoms with Crippen molar-refractivity contribution in [2.45, 2.75) is 125 Å². The van der Waals surface area contributed by atoms with E-state index in [1.165, 1.54) is 6.92 Å². The third-order valence-electron chi connectivity index (χ3n) is 8.83. The first kappa shape index (κ1) is 38.8. The van der Waals surface area contributed by atoms with Crippen molar-refractivity contribution in [1.29, 1.82) is 0 Å². The number of nitrogens with one attached hydrogen (secondary N) is 1. The molecule has 2 heterocycles. The molecule has 3 rings (SSSR count). The molecule has 0 aromatic carbocycles. The zero-order valence-corrected chi connectivity index (χ0v) is 25.8. The molecule has 2 saturated heterocycles. The lowest BCUT2D eigenvalue weighted by atomic mass is 9.87. The number of carboxylic acid groups (broad SMARTS) is 1. The standard InChI is InChI=1S/C28H49NO17/c1-13-20(36)22(38)23(39)25(44-13)45-18-6-4-3-5-17(18)42-11-27(9-31,10-32)12-43-28(26(40)41)7-15(34)19(29-14(2)33)24(46-28)21(37)16(35)8-30/h13,15-25,30-32,34-39H,3-12H2,1-2H3,(H,29,33)(H,40,41)/t13-,15-,16+,17?,18+,19+,20+,21+,22+,23-,24?,25-,28+/m0/s1. The molecule has 2 unspecified atom stereocenters. The van der Waals surface area contributed by atoms with Crippen LogP contribution < -0.4 is 5.32 Å². The predicted molar refractivity (Wildman–Crippen MR) is 151 cm³/mol. The van der Waals surface area contributed by atoms with Crippen molar-refractivity contribution in [3.05, 3.63) is 0 Å². The van der Waals surface area contributed by atoms with Gasteiger partial charge in [0.2, 0.25) is 5.91 Å². The number of aliphatic hydroxyl groups excluding tert-OH is 9. The fourth-order valence-corrected chi connectivity index (χ4v) is 5.81. The van der Waals surface area contributed by atoms with Gasteiger partial charge in [0.25, 0.3) is 5.79 Å². The lowest BCUT2D eigenvalue weighted by Gasteiger charge is -2.47. The summed E-state index contributed by atoms with van der Waals surface area (Å²) in [6.45, 7) is -0.979. The van der Waals surface area contributed by atoms with Gasteiger partial charge in [-0.2, -0.15) is 0 Å². The van der Waals surface area contributed by atoms with Crippen LogP contribution in [-0.4, -0.2) is 175 Å². The number of ether oxygens (including phenoxy) is 5. The van der Waals surface area contributed by atoms with Gasteiger partial charge < -0.3 is 80.1 Å². The van der Waals surface area contributed by atoms with Crippen LogP contribution in [-0.2, 0) is 33.3 Å². The Balaban J connectivity index is 1.75. The fourth-order valence-electron chi connectivity index (χ4n) is 5.81. The van der Waals surface area contributed by atoms with Crippen LogP contribution in [0.4, 0.5) is 0 Å². The second kappa shape index (κ2) is 16.7. The second-order valence-corrected chi connectivity index (χ2v) is 12.5. The number of carboxylic acids is 1. The number of hydrogen-bond acceptors (Lipinski definition) is 16. The van der Waals surface area contributed by atoms with E-state index in [0.29, 0.717) is 12.8 Å². The molecule has 0 spiro atoms. The number of aliphatic carboxylic acids is 1. The molecule has 268 valence electrons. The maximum Gasteiger partial charge on any atom is 0.364 e. The van der Waals surface area contributed by atoms with Gasteiger partial charge in [-0.15, -0.1) is 0 Å². The van der Waals surface area contributed by atoms with Crippen LogP contribution >= 0.6 is 0 Å². The summed E-state index contributed by atoms with van der Waals surface area (Å²) in [6, 6.07) is -1.41. The van der Waals surface area contributed by atoms with Crippen molar-refractivity contribution in [2.75, 3.05) is 33.0 Å². The molecule has 0 aromatic rings. The van der Waals surface area contributed by atoms with Crippen LogP contribution in [0.3, 0.4) is 0 Å². The van der Waals surface area contributed by atoms with Crippen molar-refractivity contribution >= 4 is 11.9 Å². The lowest BCUT2D eigenvalue weighted by molar-refractivity contribution is -0.322. The Morgan fingerprint density at radius 1 is 0.978 bits per heavy atom. The maximum atomic E-state index is 12.5. The van der Waals surface area contributed by atoms with E-state index in [2.05, 4.69) is 5.32 Å². The zero-order chi connectivity index (χ0) is 34.4. The Kier molecular flexibility index (Phi) is 14.1. The minimum Gasteiger partial charge on any atom is -0.477 e. The number of carbonyl (C=O) groups is 2. The van der Waals surface area contributed by atoms with Gasteiger partial charge in [0.1, 0.15) is 36.6 Å². The number of hydrogen-bond donors (Lipinski definition) is 11. The lowest BCUT2D eigenvalue weighted by Crippen LogP contribution is -2.68. The monoisotopic (exact) mass is 671 g/mol. The molecule has 1 saturated carbocycles. The Morgan fingerprint density at radius 3 is 2.17 bits per heavy atom. The molecule has 0 aromatic heterocycles. The molecule has 46 heavy (non-hydrogen) atoms. The molecule has 0 bridgehead atoms. The number of rotatable bonds is 15. The van der Waals surface area contributed by atoms with Crippen LogP contribution in [0.1, 0.15) is 46.0 Å². The van der Waals surface area contributed by atoms with Crippen LogP contribution in [0.15, 0.2) is 0 Å². The van der Waals surface area contributed by atoms with Crippen molar-refractivity contribution in [3.8, 4) is 0 Å². The smallest absolute Gasteiger partial charge is 0.364 e. The number of amides is 1. The molecule has 18 nitrogen and oxygen atoms in total. The number of aliphatic hydroxyl groups is 9. The highest BCUT2D eigenvalue weighted by Gasteiger charge is 2.56. The molecule has 0 radical (unpaired) electrons. The van der Waals surface area contributed by atoms with E-state index >= 15 is 0 Å². The molecule has 11 N–H and O–H groups in total. The molecular formula is C28H49NO17. The quantitative estimate of drug-likeness (QED) is 0.0779. The highest BCUT2D eigenvalue weighted by molar-refractivity contribution is 5.76. The maximum absolute atomic E-state index is 12.5. The first-order valence-electron chi connectivity index (χ1n) is 15.3. The summed E-state index contributed by atoms with van der Waals surface area (Å²) < 4.78 is 28.8. The summed E-state index contributed by atoms with van der Waals surface area (Å²) in [5, 5.41) is 104. The average molecular weight is 672 g/mol. The summed E-state index contributed by atoms with van der Waals surface area (Å²) in [7, 11) is 0. The summed E-state index contributed by atoms with van der Waals surface area (Å²) in [5.74, 6) is -5.12. The predicted octanol–water partition coefficient (Wildman–Crippen LogP) is -4.70. The minimum atomic E-state index is -2.70. The zero-order valence-electron chi connectivity index (χ0n) is 25.8. The minimum absolute atomic E-state index is 0.390. The van der Waals surface area contributed by atoms with Gasteiger partial charge >= 0.3 is 5.97 Å². The Labute approximate surface area is 265 Å². The second-order valence-electron chi connectivity index (χ2n) is 12.5. The first-order chi connectivity index (χ1) is 21.6. The van der Waals surface area contributed by atoms with Gasteiger partial charge in [-0.05, 0) is 19.8 Å². The van der Waals surface area contributed by atoms with E-state index in [1.54, 1.807) is 0 Å². The van der Waals surface area contributed by atoms with Gasteiger partial charge in [-0.25, -0.2) is 4.79 Å². The summed E-state index contributed by atoms with van der Waals surface area (Å²) in [4.78, 5) is 24.3. The molecule has 13 atom stereocenters. The number of carbonyl (C=O) groups excluding carboxylic acids is 1. The van der Waals surface area contributed by atoms with Crippen LogP contribution in [0, 0.1) is 5.41 Å². The van der Waals surface area contributed by atoms with Gasteiger partial charge in [-0.3, -0.25) is 4.79 Å². The molecule has 1 amide bonds. The van der Waals surface area contributed by atoms with E-state index < -0.39 is 136 Å². The van der Waals surface area contributed by atoms with E-state index in [4.69, 9.17) is 23.7 Å². The normalized spacial score (nSPS) is 38.6. The van der Waals surface area contributed by atoms with Crippen LogP contribution in [0.25, 0.3) is 0 Å². The average Bonchev–Trinajstić information content (AvgIpc) is 3.03. The summed E-state index contributed by atoms with van der Waals surface area (Å²) >= 11 is 0. The van der Waals surface area contributed by atoms with Crippen LogP contribution in [0.5, 0.6) is 0 Å². The third kappa shape index (κ3) is 8.88. The van der Waals surface area contributed by atoms with Gasteiger partial charge in [-0.1, -0.05) is 12.8 Å². The van der Waals surface area contributed by atoms with E-state index in [1.807, 2.05) is 0 Å². The highest BCUT2D eigenvalue weighted by Crippen LogP contribution is 2.36. The van der Waals surface area contributed by atoms with Crippen molar-refractivity contribution in [3.63, 3.8) is 0 Å². The van der Waals surface area contributed by atoms with E-state index in [-0.39, 0.29) is 0 Å². The largest absolute Gasteiger partial charge is 0.477 e. The molecule has 3 aliphatic rings. The van der Waals surface area contributed by atoms with Gasteiger partial charge in [0.05, 0.1) is 68.9 Å². The molecule has 1 aliphatic carbocycles. The fraction of sp³-hybridized carbons (Fsp3) is 0.929. The van der Waals surface area contributed by atoms with Crippen LogP contribution in [0.2, 0.25) is 0 Å². The van der Waals surface area contributed by atoms with Gasteiger partial charge in [0.15, 0.2) is 6.29 Å². The van der Waals surface area contributed by atoms with Crippen molar-refractivity contribution in [1.82, 2.24) is 5.32 Å². The van der Waals surface area contributed by atoms with E-state index in [0.717, 1.165) is 19.8 Å². The summed E-state index contributed by atoms with van der Waals surface area (Å²) in [6.07, 6.45) is -13.4.